The zero-order valence-corrected chi connectivity index (χ0v) is 52.6. The summed E-state index contributed by atoms with van der Waals surface area (Å²) in [4.78, 5) is 11.8. The number of hydrogen-bond acceptors (Lipinski definition) is 16. The van der Waals surface area contributed by atoms with Gasteiger partial charge in [0.05, 0.1) is 86.8 Å². The summed E-state index contributed by atoms with van der Waals surface area (Å²) in [6.45, 7) is 36.9. The molecule has 0 amide bonds. The third kappa shape index (κ3) is 11.4. The van der Waals surface area contributed by atoms with Crippen LogP contribution in [0.15, 0.2) is 48.6 Å². The fourth-order valence-electron chi connectivity index (χ4n) is 14.3. The summed E-state index contributed by atoms with van der Waals surface area (Å²) in [5, 5.41) is 21.9. The van der Waals surface area contributed by atoms with Gasteiger partial charge in [-0.2, -0.15) is 0 Å². The smallest absolute Gasteiger partial charge is 0.305 e. The van der Waals surface area contributed by atoms with Crippen LogP contribution in [0.2, 0.25) is 36.3 Å². The number of benzene rings is 1. The molecule has 12 rings (SSSR count). The van der Waals surface area contributed by atoms with Crippen LogP contribution in [0.3, 0.4) is 0 Å². The maximum atomic E-state index is 12.0. The number of rotatable bonds is 18. The van der Waals surface area contributed by atoms with E-state index in [1.54, 1.807) is 7.11 Å². The lowest BCUT2D eigenvalue weighted by molar-refractivity contribution is -0.329. The lowest BCUT2D eigenvalue weighted by Gasteiger charge is -2.52. The maximum Gasteiger partial charge on any atom is 0.305 e. The molecule has 11 saturated heterocycles. The van der Waals surface area contributed by atoms with Crippen LogP contribution in [0.1, 0.15) is 144 Å². The molecule has 0 radical (unpaired) electrons. The van der Waals surface area contributed by atoms with Gasteiger partial charge in [0, 0.05) is 37.4 Å². The molecule has 0 aromatic heterocycles. The van der Waals surface area contributed by atoms with E-state index in [4.69, 9.17) is 65.7 Å². The Kier molecular flexibility index (Phi) is 16.8. The van der Waals surface area contributed by atoms with E-state index in [9.17, 15) is 15.0 Å². The summed E-state index contributed by atoms with van der Waals surface area (Å²) >= 11 is 0. The molecular weight excluding hydrogens is 1070 g/mol. The summed E-state index contributed by atoms with van der Waals surface area (Å²) in [7, 11) is -2.53. The fraction of sp³-hybridized carbons (Fsp3) is 0.823. The maximum absolute atomic E-state index is 12.0. The highest BCUT2D eigenvalue weighted by molar-refractivity contribution is 6.74. The first-order chi connectivity index (χ1) is 38.1. The van der Waals surface area contributed by atoms with Gasteiger partial charge in [0.1, 0.15) is 36.3 Å². The van der Waals surface area contributed by atoms with Crippen LogP contribution in [0.4, 0.5) is 0 Å². The molecule has 11 heterocycles. The number of methoxy groups -OCH3 is 1. The molecule has 81 heavy (non-hydrogen) atoms. The van der Waals surface area contributed by atoms with Gasteiger partial charge in [0.15, 0.2) is 29.0 Å². The Hall–Kier alpha value is -2.16. The molecule has 19 heteroatoms. The minimum Gasteiger partial charge on any atom is -0.497 e. The normalized spacial score (nSPS) is 44.0. The molecule has 11 aliphatic heterocycles. The fourth-order valence-corrected chi connectivity index (χ4v) is 16.7. The third-order valence-corrected chi connectivity index (χ3v) is 30.2. The second kappa shape index (κ2) is 22.5. The molecule has 0 saturated carbocycles. The van der Waals surface area contributed by atoms with Crippen LogP contribution >= 0.6 is 0 Å². The molecule has 0 aliphatic carbocycles. The second-order valence-electron chi connectivity index (χ2n) is 28.7. The number of carboxylic acid groups (broad SMARTS) is 1. The van der Waals surface area contributed by atoms with Crippen LogP contribution in [-0.4, -0.2) is 168 Å². The van der Waals surface area contributed by atoms with E-state index >= 15 is 0 Å². The average Bonchev–Trinajstić information content (AvgIpc) is 4.25. The molecule has 11 fully saturated rings. The minimum absolute atomic E-state index is 0.0196. The van der Waals surface area contributed by atoms with Crippen LogP contribution in [0.5, 0.6) is 5.75 Å². The summed E-state index contributed by atoms with van der Waals surface area (Å²) < 4.78 is 95.4. The SMILES string of the molecule is C=C1CC(CC[C@@]23OC4C5OC(CC(=O)O)CCC5OC5C(O2)[C@]2(OC(c6ccc(OC)cc6)O[C@@H]32)O[C@H]45)OC1CCC1C[C@@H](C)C(=C)C(C[C@@H]2O[C@H]3CC(O[Si](C)(C)C(C)(C)C)C(CCO[Si](C)(C)C(C)(C)C)O[C@H]3[C@H](C)C2O)O1. The van der Waals surface area contributed by atoms with Gasteiger partial charge < -0.3 is 75.9 Å². The highest BCUT2D eigenvalue weighted by Crippen LogP contribution is 2.64. The van der Waals surface area contributed by atoms with E-state index in [1.165, 1.54) is 0 Å². The third-order valence-electron chi connectivity index (χ3n) is 21.2. The van der Waals surface area contributed by atoms with Crippen LogP contribution in [-0.2, 0) is 65.8 Å². The minimum atomic E-state index is -2.19. The first-order valence-electron chi connectivity index (χ1n) is 30.6. The van der Waals surface area contributed by atoms with Crippen molar-refractivity contribution < 1.29 is 80.7 Å². The topological polar surface area (TPSA) is 187 Å². The zero-order chi connectivity index (χ0) is 57.9. The van der Waals surface area contributed by atoms with Gasteiger partial charge in [-0.25, -0.2) is 0 Å². The number of aliphatic hydroxyl groups excluding tert-OH is 1. The second-order valence-corrected chi connectivity index (χ2v) is 38.2. The Balaban J connectivity index is 0.728. The number of carbonyl (C=O) groups is 1. The summed E-state index contributed by atoms with van der Waals surface area (Å²) in [5.41, 5.74) is 2.88. The number of fused-ring (bicyclic) bond motifs is 2. The van der Waals surface area contributed by atoms with Crippen molar-refractivity contribution in [3.05, 3.63) is 54.1 Å². The Bertz CT molecular complexity index is 2440. The summed E-state index contributed by atoms with van der Waals surface area (Å²) in [5.74, 6) is -2.76. The molecule has 14 unspecified atom stereocenters. The van der Waals surface area contributed by atoms with Gasteiger partial charge in [-0.05, 0) is 117 Å². The highest BCUT2D eigenvalue weighted by Gasteiger charge is 2.83. The molecule has 2 N–H and O–H groups in total. The Morgan fingerprint density at radius 2 is 1.43 bits per heavy atom. The van der Waals surface area contributed by atoms with Gasteiger partial charge >= 0.3 is 5.97 Å². The number of hydrogen-bond donors (Lipinski definition) is 2. The van der Waals surface area contributed by atoms with E-state index in [2.05, 4.69) is 94.7 Å². The highest BCUT2D eigenvalue weighted by atomic mass is 28.4. The number of carboxylic acids is 1. The van der Waals surface area contributed by atoms with Crippen molar-refractivity contribution in [2.45, 2.75) is 296 Å². The molecule has 1 aromatic carbocycles. The molecule has 1 spiro atoms. The first kappa shape index (κ1) is 60.5. The Morgan fingerprint density at radius 3 is 2.14 bits per heavy atom. The van der Waals surface area contributed by atoms with Gasteiger partial charge in [0.2, 0.25) is 11.6 Å². The van der Waals surface area contributed by atoms with Gasteiger partial charge in [-0.1, -0.05) is 80.7 Å². The molecule has 23 atom stereocenters. The number of ether oxygens (including phenoxy) is 12. The van der Waals surface area contributed by atoms with E-state index in [0.29, 0.717) is 57.3 Å². The molecule has 1 aromatic rings. The molecule has 6 bridgehead atoms. The Labute approximate surface area is 483 Å². The zero-order valence-electron chi connectivity index (χ0n) is 50.6. The molecule has 454 valence electrons. The number of aliphatic hydroxyl groups is 1. The van der Waals surface area contributed by atoms with Gasteiger partial charge in [-0.15, -0.1) is 0 Å². The standard InChI is InChI=1S/C62H96O17Si2/c1-33-28-39(69-45(35(33)3)31-47-50(65)36(4)51-48(71-47)32-46(79-81(14,15)60(8,9)10)43(72-51)25-27-67-80(12,13)59(5,6)7)20-22-42-34(2)29-41(68-42)24-26-61-58-62(78-57(74-58)37-16-18-38(66-11)19-17-37)56(77-61)55-54(76-62)53(75-61)52-44(73-55)23-21-40(70-52)30-49(63)64/h16-19,33,36,39-48,50-58,65H,2-3,20-32H2,1,4-15H3,(H,63,64)/t33-,36-,39?,40?,41?,42?,43?,44?,45?,46?,47+,48+,50?,51+,52?,53?,54-,55?,56?,57?,58+,61-,62-/m1/s1. The van der Waals surface area contributed by atoms with Gasteiger partial charge in [-0.3, -0.25) is 4.79 Å². The van der Waals surface area contributed by atoms with Crippen LogP contribution < -0.4 is 4.74 Å². The summed E-state index contributed by atoms with van der Waals surface area (Å²) in [6, 6.07) is 7.59. The predicted molar refractivity (Wildman–Crippen MR) is 305 cm³/mol. The Morgan fingerprint density at radius 1 is 0.716 bits per heavy atom. The molecule has 17 nitrogen and oxygen atoms in total. The van der Waals surface area contributed by atoms with Crippen LogP contribution in [0, 0.1) is 11.8 Å². The first-order valence-corrected chi connectivity index (χ1v) is 36.4. The molecule has 11 aliphatic rings. The van der Waals surface area contributed by atoms with E-state index in [-0.39, 0.29) is 83.3 Å². The van der Waals surface area contributed by atoms with Crippen LogP contribution in [0.25, 0.3) is 0 Å². The molecular formula is C62H96O17Si2. The lowest BCUT2D eigenvalue weighted by atomic mass is 9.79. The predicted octanol–water partition coefficient (Wildman–Crippen LogP) is 10.2. The van der Waals surface area contributed by atoms with E-state index < -0.39 is 95.4 Å². The van der Waals surface area contributed by atoms with Crippen molar-refractivity contribution in [2.75, 3.05) is 13.7 Å². The lowest BCUT2D eigenvalue weighted by Crippen LogP contribution is -2.62. The quantitative estimate of drug-likeness (QED) is 0.104. The van der Waals surface area contributed by atoms with Crippen molar-refractivity contribution in [3.63, 3.8) is 0 Å². The van der Waals surface area contributed by atoms with Crippen molar-refractivity contribution in [1.29, 1.82) is 0 Å². The average molecular weight is 1170 g/mol. The number of aliphatic carboxylic acids is 1. The van der Waals surface area contributed by atoms with Crippen molar-refractivity contribution >= 4 is 22.6 Å². The van der Waals surface area contributed by atoms with Crippen molar-refractivity contribution in [3.8, 4) is 5.75 Å². The van der Waals surface area contributed by atoms with E-state index in [0.717, 1.165) is 42.4 Å². The van der Waals surface area contributed by atoms with Crippen molar-refractivity contribution in [2.24, 2.45) is 11.8 Å². The summed E-state index contributed by atoms with van der Waals surface area (Å²) in [6.07, 6.45) is -0.914. The van der Waals surface area contributed by atoms with Gasteiger partial charge in [0.25, 0.3) is 0 Å². The monoisotopic (exact) mass is 1170 g/mol. The van der Waals surface area contributed by atoms with Crippen molar-refractivity contribution in [1.82, 2.24) is 0 Å². The largest absolute Gasteiger partial charge is 0.497 e. The van der Waals surface area contributed by atoms with E-state index in [1.807, 2.05) is 24.3 Å².